The molecule has 0 unspecified atom stereocenters. The van der Waals surface area contributed by atoms with Crippen LogP contribution in [0, 0.1) is 20.8 Å². The monoisotopic (exact) mass is 437 g/mol. The van der Waals surface area contributed by atoms with Crippen LogP contribution >= 0.6 is 0 Å². The van der Waals surface area contributed by atoms with Gasteiger partial charge in [0.15, 0.2) is 0 Å². The average molecular weight is 438 g/mol. The number of rotatable bonds is 4. The van der Waals surface area contributed by atoms with Crippen LogP contribution in [0.3, 0.4) is 0 Å². The molecule has 0 aliphatic rings. The van der Waals surface area contributed by atoms with Crippen LogP contribution in [0.1, 0.15) is 22.5 Å². The van der Waals surface area contributed by atoms with E-state index in [0.29, 0.717) is 12.2 Å². The summed E-state index contributed by atoms with van der Waals surface area (Å²) in [6.07, 6.45) is 0. The number of hydrogen-bond acceptors (Lipinski definition) is 4. The Morgan fingerprint density at radius 1 is 0.909 bits per heavy atom. The number of hydrogen-bond donors (Lipinski definition) is 1. The molecule has 0 saturated carbocycles. The first-order chi connectivity index (χ1) is 15.9. The molecular weight excluding hydrogens is 412 g/mol. The number of aryl methyl sites for hydroxylation is 3. The van der Waals surface area contributed by atoms with E-state index in [1.165, 1.54) is 9.08 Å². The Hall–Kier alpha value is -4.26. The summed E-state index contributed by atoms with van der Waals surface area (Å²) in [7, 11) is 0. The van der Waals surface area contributed by atoms with E-state index in [1.807, 2.05) is 87.5 Å². The number of anilines is 1. The number of pyridine rings is 1. The van der Waals surface area contributed by atoms with Crippen molar-refractivity contribution in [2.75, 3.05) is 5.73 Å². The van der Waals surface area contributed by atoms with Crippen LogP contribution in [0.15, 0.2) is 71.5 Å². The van der Waals surface area contributed by atoms with Crippen molar-refractivity contribution in [2.24, 2.45) is 0 Å². The second kappa shape index (κ2) is 8.02. The zero-order valence-corrected chi connectivity index (χ0v) is 18.8. The lowest BCUT2D eigenvalue weighted by Gasteiger charge is -2.10. The standard InChI is InChI=1S/C26H24N6O/c1-16-9-7-8-12-20(16)15-31-26(33)32-24(30-31)22(21-13-17(2)28-18(3)14-21)23(29-25(32)27)19-10-5-4-6-11-19/h4-14H,15H2,1-3H3,(H2,27,29)/p+1. The molecule has 3 aromatic heterocycles. The number of H-pyrrole nitrogens is 1. The van der Waals surface area contributed by atoms with Crippen molar-refractivity contribution in [1.82, 2.24) is 19.2 Å². The lowest BCUT2D eigenvalue weighted by molar-refractivity contribution is -0.351. The van der Waals surface area contributed by atoms with Gasteiger partial charge >= 0.3 is 11.6 Å². The number of aromatic nitrogens is 5. The molecule has 0 amide bonds. The van der Waals surface area contributed by atoms with Gasteiger partial charge in [0, 0.05) is 17.0 Å². The molecule has 5 rings (SSSR count). The van der Waals surface area contributed by atoms with E-state index in [0.717, 1.165) is 44.9 Å². The highest BCUT2D eigenvalue weighted by atomic mass is 16.2. The second-order valence-electron chi connectivity index (χ2n) is 8.29. The third kappa shape index (κ3) is 3.67. The predicted molar refractivity (Wildman–Crippen MR) is 129 cm³/mol. The average Bonchev–Trinajstić information content (AvgIpc) is 3.11. The molecule has 0 spiro atoms. The number of aromatic amines is 1. The summed E-state index contributed by atoms with van der Waals surface area (Å²) in [5, 5.41) is 4.78. The van der Waals surface area contributed by atoms with E-state index < -0.39 is 0 Å². The molecule has 7 heteroatoms. The molecule has 0 aliphatic heterocycles. The third-order valence-corrected chi connectivity index (χ3v) is 5.82. The summed E-state index contributed by atoms with van der Waals surface area (Å²) in [5.74, 6) is 0.233. The molecule has 2 aromatic carbocycles. The maximum atomic E-state index is 13.4. The van der Waals surface area contributed by atoms with Gasteiger partial charge in [-0.1, -0.05) is 54.6 Å². The third-order valence-electron chi connectivity index (χ3n) is 5.82. The highest BCUT2D eigenvalue weighted by Crippen LogP contribution is 2.33. The first-order valence-electron chi connectivity index (χ1n) is 10.8. The molecule has 0 saturated heterocycles. The largest absolute Gasteiger partial charge is 0.411 e. The normalized spacial score (nSPS) is 11.2. The van der Waals surface area contributed by atoms with Crippen LogP contribution in [0.25, 0.3) is 28.0 Å². The lowest BCUT2D eigenvalue weighted by Crippen LogP contribution is -2.28. The van der Waals surface area contributed by atoms with Crippen LogP contribution in [0.4, 0.5) is 5.95 Å². The SMILES string of the molecule is Cc1cc(-c2c(-c3ccccc3)[nH+]c(N)n3c(=O)n(Cc4ccccc4C)nc23)cc(C)n1. The zero-order valence-electron chi connectivity index (χ0n) is 18.8. The van der Waals surface area contributed by atoms with Gasteiger partial charge in [-0.2, -0.15) is 4.68 Å². The van der Waals surface area contributed by atoms with E-state index >= 15 is 0 Å². The van der Waals surface area contributed by atoms with Gasteiger partial charge in [0.05, 0.1) is 12.1 Å². The van der Waals surface area contributed by atoms with Gasteiger partial charge in [0.1, 0.15) is 5.69 Å². The molecule has 5 aromatic rings. The van der Waals surface area contributed by atoms with Crippen LogP contribution in [-0.4, -0.2) is 19.2 Å². The summed E-state index contributed by atoms with van der Waals surface area (Å²) in [6, 6.07) is 21.9. The molecule has 0 fully saturated rings. The molecule has 0 radical (unpaired) electrons. The van der Waals surface area contributed by atoms with Crippen molar-refractivity contribution in [3.8, 4) is 22.4 Å². The first-order valence-corrected chi connectivity index (χ1v) is 10.8. The minimum atomic E-state index is -0.287. The fourth-order valence-electron chi connectivity index (χ4n) is 4.27. The van der Waals surface area contributed by atoms with E-state index in [-0.39, 0.29) is 11.6 Å². The Labute approximate surface area is 191 Å². The minimum absolute atomic E-state index is 0.233. The van der Waals surface area contributed by atoms with Crippen molar-refractivity contribution in [3.05, 3.63) is 99.7 Å². The maximum Gasteiger partial charge on any atom is 0.411 e. The zero-order chi connectivity index (χ0) is 23.1. The second-order valence-corrected chi connectivity index (χ2v) is 8.29. The number of nitrogens with two attached hydrogens (primary N) is 1. The van der Waals surface area contributed by atoms with E-state index in [4.69, 9.17) is 10.8 Å². The quantitative estimate of drug-likeness (QED) is 0.465. The molecular formula is C26H25N6O+. The Balaban J connectivity index is 1.83. The molecule has 3 heterocycles. The smallest absolute Gasteiger partial charge is 0.290 e. The van der Waals surface area contributed by atoms with Gasteiger partial charge in [0.2, 0.25) is 5.65 Å². The van der Waals surface area contributed by atoms with Gasteiger partial charge < -0.3 is 0 Å². The van der Waals surface area contributed by atoms with Crippen molar-refractivity contribution in [3.63, 3.8) is 0 Å². The highest BCUT2D eigenvalue weighted by Gasteiger charge is 2.26. The topological polar surface area (TPSA) is 92.3 Å². The van der Waals surface area contributed by atoms with Crippen LogP contribution in [0.2, 0.25) is 0 Å². The number of nitrogens with one attached hydrogen (secondary N) is 1. The molecule has 0 atom stereocenters. The van der Waals surface area contributed by atoms with Gasteiger partial charge in [-0.25, -0.2) is 9.78 Å². The fourth-order valence-corrected chi connectivity index (χ4v) is 4.27. The Morgan fingerprint density at radius 3 is 2.27 bits per heavy atom. The minimum Gasteiger partial charge on any atom is -0.290 e. The number of nitrogens with zero attached hydrogens (tertiary/aromatic N) is 4. The van der Waals surface area contributed by atoms with E-state index in [1.54, 1.807) is 0 Å². The summed E-state index contributed by atoms with van der Waals surface area (Å²) in [5.41, 5.74) is 14.0. The molecule has 3 N–H and O–H groups in total. The van der Waals surface area contributed by atoms with Crippen LogP contribution in [0.5, 0.6) is 0 Å². The number of benzene rings is 2. The van der Waals surface area contributed by atoms with Gasteiger partial charge in [-0.3, -0.25) is 10.7 Å². The molecule has 7 nitrogen and oxygen atoms in total. The lowest BCUT2D eigenvalue weighted by atomic mass is 9.99. The summed E-state index contributed by atoms with van der Waals surface area (Å²) < 4.78 is 2.92. The summed E-state index contributed by atoms with van der Waals surface area (Å²) in [6.45, 7) is 6.31. The first kappa shape index (κ1) is 20.6. The van der Waals surface area contributed by atoms with Crippen LogP contribution in [-0.2, 0) is 6.54 Å². The van der Waals surface area contributed by atoms with Crippen molar-refractivity contribution >= 4 is 11.6 Å². The Bertz CT molecular complexity index is 1530. The maximum absolute atomic E-state index is 13.4. The molecule has 0 bridgehead atoms. The Kier molecular flexibility index (Phi) is 5.01. The number of fused-ring (bicyclic) bond motifs is 1. The van der Waals surface area contributed by atoms with Crippen molar-refractivity contribution < 1.29 is 4.98 Å². The highest BCUT2D eigenvalue weighted by molar-refractivity contribution is 5.88. The summed E-state index contributed by atoms with van der Waals surface area (Å²) in [4.78, 5) is 21.2. The fraction of sp³-hybridized carbons (Fsp3) is 0.154. The van der Waals surface area contributed by atoms with Crippen molar-refractivity contribution in [1.29, 1.82) is 0 Å². The number of nitrogen functional groups attached to an aromatic ring is 1. The molecule has 0 aliphatic carbocycles. The summed E-state index contributed by atoms with van der Waals surface area (Å²) >= 11 is 0. The van der Waals surface area contributed by atoms with Crippen LogP contribution < -0.4 is 16.4 Å². The van der Waals surface area contributed by atoms with Gasteiger partial charge in [-0.15, -0.1) is 9.50 Å². The molecule has 33 heavy (non-hydrogen) atoms. The van der Waals surface area contributed by atoms with Crippen molar-refractivity contribution in [2.45, 2.75) is 27.3 Å². The van der Waals surface area contributed by atoms with Gasteiger partial charge in [-0.05, 0) is 49.6 Å². The van der Waals surface area contributed by atoms with E-state index in [2.05, 4.69) is 9.97 Å². The Morgan fingerprint density at radius 2 is 1.58 bits per heavy atom. The van der Waals surface area contributed by atoms with Gasteiger partial charge in [0.25, 0.3) is 0 Å². The predicted octanol–water partition coefficient (Wildman–Crippen LogP) is 3.59. The van der Waals surface area contributed by atoms with E-state index in [9.17, 15) is 4.79 Å². The molecule has 164 valence electrons.